The second-order valence-electron chi connectivity index (χ2n) is 7.32. The first-order chi connectivity index (χ1) is 15.1. The Morgan fingerprint density at radius 1 is 1.31 bits per heavy atom. The molecule has 2 heterocycles. The maximum Gasteiger partial charge on any atom is 0.271 e. The molecule has 7 nitrogen and oxygen atoms in total. The maximum atomic E-state index is 13.1. The number of pyridine rings is 1. The van der Waals surface area contributed by atoms with Crippen LogP contribution < -0.4 is 5.56 Å². The van der Waals surface area contributed by atoms with Gasteiger partial charge in [-0.25, -0.2) is 4.39 Å². The zero-order valence-electron chi connectivity index (χ0n) is 17.4. The van der Waals surface area contributed by atoms with Crippen molar-refractivity contribution in [3.05, 3.63) is 67.6 Å². The Morgan fingerprint density at radius 2 is 1.94 bits per heavy atom. The molecule has 0 atom stereocenters. The summed E-state index contributed by atoms with van der Waals surface area (Å²) < 4.78 is 14.2. The third-order valence-electron chi connectivity index (χ3n) is 4.88. The monoisotopic (exact) mass is 471 g/mol. The fraction of sp³-hybridized carbons (Fsp3) is 0.227. The van der Waals surface area contributed by atoms with E-state index >= 15 is 0 Å². The van der Waals surface area contributed by atoms with Gasteiger partial charge in [0.2, 0.25) is 5.88 Å². The Balaban J connectivity index is 1.96. The number of benzene rings is 1. The minimum atomic E-state index is -0.693. The molecule has 1 aliphatic rings. The molecule has 1 aromatic heterocycles. The van der Waals surface area contributed by atoms with Gasteiger partial charge < -0.3 is 5.11 Å². The molecular weight excluding hydrogens is 453 g/mol. The Hall–Kier alpha value is -3.29. The maximum absolute atomic E-state index is 13.1. The van der Waals surface area contributed by atoms with E-state index in [1.165, 1.54) is 31.2 Å². The van der Waals surface area contributed by atoms with E-state index in [2.05, 4.69) is 0 Å². The van der Waals surface area contributed by atoms with Gasteiger partial charge in [-0.3, -0.25) is 23.9 Å². The van der Waals surface area contributed by atoms with Crippen molar-refractivity contribution in [2.45, 2.75) is 26.8 Å². The highest BCUT2D eigenvalue weighted by Crippen LogP contribution is 2.33. The lowest BCUT2D eigenvalue weighted by Crippen LogP contribution is -2.35. The molecule has 0 unspecified atom stereocenters. The molecule has 1 saturated heterocycles. The van der Waals surface area contributed by atoms with Crippen LogP contribution in [0, 0.1) is 24.1 Å². The largest absolute Gasteiger partial charge is 0.494 e. The zero-order chi connectivity index (χ0) is 23.7. The Bertz CT molecular complexity index is 1270. The summed E-state index contributed by atoms with van der Waals surface area (Å²) in [7, 11) is 0. The van der Waals surface area contributed by atoms with Gasteiger partial charge in [0.1, 0.15) is 21.8 Å². The minimum absolute atomic E-state index is 0.0456. The first kappa shape index (κ1) is 23.4. The predicted molar refractivity (Wildman–Crippen MR) is 123 cm³/mol. The van der Waals surface area contributed by atoms with Crippen LogP contribution in [-0.2, 0) is 4.79 Å². The highest BCUT2D eigenvalue weighted by molar-refractivity contribution is 8.26. The molecular formula is C22H18FN3O4S2. The summed E-state index contributed by atoms with van der Waals surface area (Å²) >= 11 is 6.24. The van der Waals surface area contributed by atoms with Crippen LogP contribution >= 0.6 is 24.0 Å². The van der Waals surface area contributed by atoms with Crippen molar-refractivity contribution >= 4 is 46.1 Å². The third-order valence-corrected chi connectivity index (χ3v) is 6.26. The average molecular weight is 472 g/mol. The van der Waals surface area contributed by atoms with Crippen molar-refractivity contribution < 1.29 is 19.1 Å². The van der Waals surface area contributed by atoms with Gasteiger partial charge in [0.25, 0.3) is 11.5 Å². The first-order valence-corrected chi connectivity index (χ1v) is 10.7. The summed E-state index contributed by atoms with van der Waals surface area (Å²) in [5, 5.41) is 20.0. The Kier molecular flexibility index (Phi) is 6.62. The number of rotatable bonds is 5. The summed E-state index contributed by atoms with van der Waals surface area (Å²) in [6, 6.07) is 6.82. The molecule has 1 aromatic carbocycles. The van der Waals surface area contributed by atoms with Crippen molar-refractivity contribution in [2.24, 2.45) is 0 Å². The summed E-state index contributed by atoms with van der Waals surface area (Å²) in [6.07, 6.45) is 1.54. The fourth-order valence-corrected chi connectivity index (χ4v) is 4.56. The van der Waals surface area contributed by atoms with E-state index in [0.717, 1.165) is 21.2 Å². The van der Waals surface area contributed by atoms with Gasteiger partial charge in [-0.2, -0.15) is 5.26 Å². The topological polar surface area (TPSA) is 103 Å². The smallest absolute Gasteiger partial charge is 0.271 e. The molecule has 1 amide bonds. The van der Waals surface area contributed by atoms with Gasteiger partial charge in [0.15, 0.2) is 5.78 Å². The van der Waals surface area contributed by atoms with Gasteiger partial charge in [0.05, 0.1) is 17.0 Å². The molecule has 3 rings (SSSR count). The molecule has 10 heteroatoms. The number of carbonyl (C=O) groups excluding carboxylic acids is 2. The average Bonchev–Trinajstić information content (AvgIpc) is 2.97. The molecule has 0 aliphatic carbocycles. The number of aromatic hydroxyl groups is 1. The summed E-state index contributed by atoms with van der Waals surface area (Å²) in [4.78, 5) is 39.8. The normalized spacial score (nSPS) is 15.0. The van der Waals surface area contributed by atoms with E-state index < -0.39 is 41.5 Å². The van der Waals surface area contributed by atoms with Crippen LogP contribution in [0.15, 0.2) is 34.0 Å². The van der Waals surface area contributed by atoms with Crippen LogP contribution in [0.5, 0.6) is 5.88 Å². The quantitative estimate of drug-likeness (QED) is 0.404. The first-order valence-electron chi connectivity index (χ1n) is 9.49. The van der Waals surface area contributed by atoms with Gasteiger partial charge in [0, 0.05) is 6.04 Å². The van der Waals surface area contributed by atoms with E-state index in [1.807, 2.05) is 0 Å². The van der Waals surface area contributed by atoms with Crippen LogP contribution in [0.3, 0.4) is 0 Å². The van der Waals surface area contributed by atoms with Crippen molar-refractivity contribution in [1.82, 2.24) is 9.47 Å². The number of Topliss-reactive ketones (excluding diaryl/α,β-unsaturated/α-hetero) is 1. The molecule has 0 radical (unpaired) electrons. The van der Waals surface area contributed by atoms with Gasteiger partial charge in [-0.1, -0.05) is 36.1 Å². The second kappa shape index (κ2) is 9.06. The molecule has 1 aliphatic heterocycles. The number of nitriles is 1. The predicted octanol–water partition coefficient (Wildman–Crippen LogP) is 3.54. The van der Waals surface area contributed by atoms with Crippen molar-refractivity contribution in [3.8, 4) is 11.9 Å². The standard InChI is InChI=1S/C22H18FN3O4S2/c1-11(2)26-19(28)15(9-24)12(3)18(21(26)30)16(27)10-25-20(29)17(32-22(25)31)8-13-4-6-14(23)7-5-13/h4-8,11,30H,10H2,1-3H3/b17-8-. The molecule has 164 valence electrons. The van der Waals surface area contributed by atoms with Crippen LogP contribution in [-0.4, -0.2) is 37.1 Å². The molecule has 0 bridgehead atoms. The SMILES string of the molecule is Cc1c(C(=O)CN2C(=O)/C(=C/c3ccc(F)cc3)SC2=S)c(O)n(C(C)C)c(=O)c1C#N. The molecule has 0 saturated carbocycles. The van der Waals surface area contributed by atoms with E-state index in [0.29, 0.717) is 5.56 Å². The zero-order valence-corrected chi connectivity index (χ0v) is 19.0. The summed E-state index contributed by atoms with van der Waals surface area (Å²) in [6.45, 7) is 4.19. The lowest BCUT2D eigenvalue weighted by molar-refractivity contribution is -0.121. The van der Waals surface area contributed by atoms with Crippen molar-refractivity contribution in [2.75, 3.05) is 6.54 Å². The van der Waals surface area contributed by atoms with Crippen molar-refractivity contribution in [1.29, 1.82) is 5.26 Å². The highest BCUT2D eigenvalue weighted by atomic mass is 32.2. The molecule has 0 spiro atoms. The van der Waals surface area contributed by atoms with E-state index in [4.69, 9.17) is 12.2 Å². The van der Waals surface area contributed by atoms with Gasteiger partial charge >= 0.3 is 0 Å². The summed E-state index contributed by atoms with van der Waals surface area (Å²) in [5.41, 5.74) is -0.506. The lowest BCUT2D eigenvalue weighted by Gasteiger charge is -2.19. The van der Waals surface area contributed by atoms with Gasteiger partial charge in [-0.05, 0) is 50.1 Å². The van der Waals surface area contributed by atoms with Crippen LogP contribution in [0.2, 0.25) is 0 Å². The van der Waals surface area contributed by atoms with Crippen LogP contribution in [0.4, 0.5) is 4.39 Å². The van der Waals surface area contributed by atoms with Crippen molar-refractivity contribution in [3.63, 3.8) is 0 Å². The van der Waals surface area contributed by atoms with E-state index in [1.54, 1.807) is 26.0 Å². The Morgan fingerprint density at radius 3 is 2.50 bits per heavy atom. The minimum Gasteiger partial charge on any atom is -0.494 e. The number of thioether (sulfide) groups is 1. The molecule has 1 fully saturated rings. The number of amides is 1. The molecule has 1 N–H and O–H groups in total. The number of halogens is 1. The van der Waals surface area contributed by atoms with Crippen LogP contribution in [0.1, 0.15) is 46.9 Å². The number of thiocarbonyl (C=S) groups is 1. The van der Waals surface area contributed by atoms with Crippen LogP contribution in [0.25, 0.3) is 6.08 Å². The number of nitrogens with zero attached hydrogens (tertiary/aromatic N) is 3. The number of aromatic nitrogens is 1. The summed E-state index contributed by atoms with van der Waals surface area (Å²) in [5.74, 6) is -2.13. The number of hydrogen-bond acceptors (Lipinski definition) is 7. The number of hydrogen-bond donors (Lipinski definition) is 1. The highest BCUT2D eigenvalue weighted by Gasteiger charge is 2.35. The Labute approximate surface area is 192 Å². The second-order valence-corrected chi connectivity index (χ2v) is 9.00. The van der Waals surface area contributed by atoms with E-state index in [9.17, 15) is 29.1 Å². The molecule has 2 aromatic rings. The van der Waals surface area contributed by atoms with E-state index in [-0.39, 0.29) is 25.9 Å². The third kappa shape index (κ3) is 4.22. The number of ketones is 1. The fourth-order valence-electron chi connectivity index (χ4n) is 3.30. The van der Waals surface area contributed by atoms with Gasteiger partial charge in [-0.15, -0.1) is 0 Å². The number of carbonyl (C=O) groups is 2. The molecule has 32 heavy (non-hydrogen) atoms. The lowest BCUT2D eigenvalue weighted by atomic mass is 10.0.